The van der Waals surface area contributed by atoms with Crippen LogP contribution < -0.4 is 10.6 Å². The average Bonchev–Trinajstić information content (AvgIpc) is 3.10. The predicted octanol–water partition coefficient (Wildman–Crippen LogP) is 2.74. The van der Waals surface area contributed by atoms with Crippen molar-refractivity contribution in [1.82, 2.24) is 20.3 Å². The van der Waals surface area contributed by atoms with Crippen molar-refractivity contribution in [3.05, 3.63) is 70.2 Å². The van der Waals surface area contributed by atoms with Crippen LogP contribution in [-0.4, -0.2) is 33.3 Å². The van der Waals surface area contributed by atoms with Crippen molar-refractivity contribution in [1.29, 1.82) is 0 Å². The molecule has 0 unspecified atom stereocenters. The van der Waals surface area contributed by atoms with Gasteiger partial charge in [-0.25, -0.2) is 15.0 Å². The number of hydrogen-bond donors (Lipinski definition) is 2. The van der Waals surface area contributed by atoms with Gasteiger partial charge in [-0.2, -0.15) is 0 Å². The maximum Gasteiger partial charge on any atom is 0.295 e. The Kier molecular flexibility index (Phi) is 6.45. The summed E-state index contributed by atoms with van der Waals surface area (Å²) in [5.41, 5.74) is 1.69. The molecule has 2 heterocycles. The molecule has 0 atom stereocenters. The van der Waals surface area contributed by atoms with E-state index in [-0.39, 0.29) is 18.2 Å². The van der Waals surface area contributed by atoms with E-state index in [4.69, 9.17) is 11.6 Å². The topological polar surface area (TPSA) is 96.9 Å². The number of benzene rings is 1. The first-order valence-corrected chi connectivity index (χ1v) is 9.40. The summed E-state index contributed by atoms with van der Waals surface area (Å²) < 4.78 is 0. The van der Waals surface area contributed by atoms with Crippen molar-refractivity contribution in [3.63, 3.8) is 0 Å². The molecule has 3 aromatic rings. The molecule has 0 aliphatic heterocycles. The normalized spacial score (nSPS) is 10.4. The number of aromatic nitrogens is 3. The fraction of sp³-hybridized carbons (Fsp3) is 0.167. The predicted molar refractivity (Wildman–Crippen MR) is 104 cm³/mol. The van der Waals surface area contributed by atoms with Crippen LogP contribution >= 0.6 is 22.9 Å². The molecule has 2 aromatic heterocycles. The van der Waals surface area contributed by atoms with Crippen LogP contribution in [0.4, 0.5) is 5.13 Å². The Morgan fingerprint density at radius 2 is 1.85 bits per heavy atom. The molecule has 9 heteroatoms. The van der Waals surface area contributed by atoms with Crippen LogP contribution in [-0.2, 0) is 17.6 Å². The summed E-state index contributed by atoms with van der Waals surface area (Å²) in [6, 6.07) is 9.14. The highest BCUT2D eigenvalue weighted by Crippen LogP contribution is 2.16. The van der Waals surface area contributed by atoms with Crippen molar-refractivity contribution in [2.75, 3.05) is 11.9 Å². The highest BCUT2D eigenvalue weighted by Gasteiger charge is 2.12. The molecule has 2 N–H and O–H groups in total. The second-order valence-corrected chi connectivity index (χ2v) is 6.87. The summed E-state index contributed by atoms with van der Waals surface area (Å²) in [7, 11) is 0. The lowest BCUT2D eigenvalue weighted by molar-refractivity contribution is -0.120. The summed E-state index contributed by atoms with van der Waals surface area (Å²) in [6.07, 6.45) is 3.85. The lowest BCUT2D eigenvalue weighted by Crippen LogP contribution is -2.27. The van der Waals surface area contributed by atoms with E-state index < -0.39 is 5.91 Å². The summed E-state index contributed by atoms with van der Waals surface area (Å²) in [6.45, 7) is 0.527. The van der Waals surface area contributed by atoms with Crippen LogP contribution in [0.1, 0.15) is 21.9 Å². The molecule has 1 aromatic carbocycles. The van der Waals surface area contributed by atoms with E-state index in [0.717, 1.165) is 12.0 Å². The van der Waals surface area contributed by atoms with E-state index in [9.17, 15) is 9.59 Å². The van der Waals surface area contributed by atoms with Crippen LogP contribution in [0, 0.1) is 0 Å². The third-order valence-corrected chi connectivity index (χ3v) is 4.59. The zero-order chi connectivity index (χ0) is 19.1. The average molecular weight is 402 g/mol. The van der Waals surface area contributed by atoms with Gasteiger partial charge < -0.3 is 5.32 Å². The largest absolute Gasteiger partial charge is 0.355 e. The van der Waals surface area contributed by atoms with E-state index in [1.807, 2.05) is 24.3 Å². The van der Waals surface area contributed by atoms with Gasteiger partial charge in [0.05, 0.1) is 12.1 Å². The minimum absolute atomic E-state index is 0.0641. The molecule has 0 fully saturated rings. The third-order valence-electron chi connectivity index (χ3n) is 3.53. The number of hydrogen-bond acceptors (Lipinski definition) is 6. The molecular weight excluding hydrogens is 386 g/mol. The van der Waals surface area contributed by atoms with Gasteiger partial charge >= 0.3 is 0 Å². The van der Waals surface area contributed by atoms with Crippen LogP contribution in [0.3, 0.4) is 0 Å². The highest BCUT2D eigenvalue weighted by atomic mass is 35.5. The number of carbonyl (C=O) groups excluding carboxylic acids is 2. The van der Waals surface area contributed by atoms with Crippen LogP contribution in [0.25, 0.3) is 0 Å². The number of carbonyl (C=O) groups is 2. The minimum Gasteiger partial charge on any atom is -0.355 e. The van der Waals surface area contributed by atoms with E-state index in [1.54, 1.807) is 11.4 Å². The molecule has 2 amide bonds. The quantitative estimate of drug-likeness (QED) is 0.634. The van der Waals surface area contributed by atoms with Gasteiger partial charge in [0.2, 0.25) is 11.7 Å². The molecule has 0 radical (unpaired) electrons. The Bertz CT molecular complexity index is 915. The van der Waals surface area contributed by atoms with Gasteiger partial charge in [0, 0.05) is 29.3 Å². The number of rotatable bonds is 7. The first-order chi connectivity index (χ1) is 13.1. The molecule has 0 saturated carbocycles. The molecule has 3 rings (SSSR count). The number of nitrogens with zero attached hydrogens (tertiary/aromatic N) is 3. The Morgan fingerprint density at radius 1 is 1.11 bits per heavy atom. The van der Waals surface area contributed by atoms with Gasteiger partial charge in [-0.3, -0.25) is 14.9 Å². The van der Waals surface area contributed by atoms with Crippen molar-refractivity contribution in [2.45, 2.75) is 12.8 Å². The molecule has 0 bridgehead atoms. The number of nitrogens with one attached hydrogen (secondary N) is 2. The number of amides is 2. The summed E-state index contributed by atoms with van der Waals surface area (Å²) in [5.74, 6) is -0.503. The van der Waals surface area contributed by atoms with E-state index >= 15 is 0 Å². The lowest BCUT2D eigenvalue weighted by Gasteiger charge is -2.04. The molecule has 0 aliphatic carbocycles. The Balaban J connectivity index is 1.45. The Labute approximate surface area is 164 Å². The molecular formula is C18H16ClN5O2S. The molecule has 0 spiro atoms. The van der Waals surface area contributed by atoms with E-state index in [2.05, 4.69) is 25.6 Å². The highest BCUT2D eigenvalue weighted by molar-refractivity contribution is 7.14. The van der Waals surface area contributed by atoms with Crippen LogP contribution in [0.5, 0.6) is 0 Å². The first kappa shape index (κ1) is 18.9. The summed E-state index contributed by atoms with van der Waals surface area (Å²) >= 11 is 7.09. The number of thiazole rings is 1. The minimum atomic E-state index is -0.441. The zero-order valence-electron chi connectivity index (χ0n) is 14.2. The van der Waals surface area contributed by atoms with E-state index in [1.165, 1.54) is 23.7 Å². The standard InChI is InChI=1S/C18H16ClN5O2S/c19-13-4-2-12(3-5-13)6-9-20-15(25)10-14-11-27-18(23-14)24-17(26)16-21-7-1-8-22-16/h1-5,7-8,11H,6,9-10H2,(H,20,25)(H,23,24,26). The molecule has 138 valence electrons. The van der Waals surface area contributed by atoms with Crippen LogP contribution in [0.2, 0.25) is 5.02 Å². The van der Waals surface area contributed by atoms with Crippen molar-refractivity contribution in [2.24, 2.45) is 0 Å². The van der Waals surface area contributed by atoms with Crippen molar-refractivity contribution < 1.29 is 9.59 Å². The molecule has 0 saturated heterocycles. The van der Waals surface area contributed by atoms with Gasteiger partial charge in [-0.05, 0) is 30.2 Å². The summed E-state index contributed by atoms with van der Waals surface area (Å²) in [5, 5.41) is 8.30. The van der Waals surface area contributed by atoms with Gasteiger partial charge in [-0.1, -0.05) is 23.7 Å². The molecule has 0 aliphatic rings. The Morgan fingerprint density at radius 3 is 2.59 bits per heavy atom. The SMILES string of the molecule is O=C(Cc1csc(NC(=O)c2ncccn2)n1)NCCc1ccc(Cl)cc1. The Hall–Kier alpha value is -2.84. The smallest absolute Gasteiger partial charge is 0.295 e. The second kappa shape index (κ2) is 9.20. The number of anilines is 1. The van der Waals surface area contributed by atoms with E-state index in [0.29, 0.717) is 22.4 Å². The van der Waals surface area contributed by atoms with Crippen molar-refractivity contribution in [3.8, 4) is 0 Å². The second-order valence-electron chi connectivity index (χ2n) is 5.57. The van der Waals surface area contributed by atoms with Gasteiger partial charge in [0.1, 0.15) is 0 Å². The van der Waals surface area contributed by atoms with Gasteiger partial charge in [0.15, 0.2) is 5.13 Å². The van der Waals surface area contributed by atoms with Crippen molar-refractivity contribution >= 4 is 39.9 Å². The lowest BCUT2D eigenvalue weighted by atomic mass is 10.1. The van der Waals surface area contributed by atoms with Gasteiger partial charge in [0.25, 0.3) is 5.91 Å². The first-order valence-electron chi connectivity index (χ1n) is 8.14. The number of halogens is 1. The maximum absolute atomic E-state index is 12.0. The van der Waals surface area contributed by atoms with Gasteiger partial charge in [-0.15, -0.1) is 11.3 Å². The summed E-state index contributed by atoms with van der Waals surface area (Å²) in [4.78, 5) is 36.0. The fourth-order valence-corrected chi connectivity index (χ4v) is 3.07. The monoisotopic (exact) mass is 401 g/mol. The molecule has 7 nitrogen and oxygen atoms in total. The third kappa shape index (κ3) is 5.83. The fourth-order valence-electron chi connectivity index (χ4n) is 2.24. The van der Waals surface area contributed by atoms with Crippen LogP contribution in [0.15, 0.2) is 48.1 Å². The zero-order valence-corrected chi connectivity index (χ0v) is 15.8. The maximum atomic E-state index is 12.0. The molecule has 27 heavy (non-hydrogen) atoms.